The third kappa shape index (κ3) is 2.70. The molecule has 0 N–H and O–H groups in total. The number of hydrogen-bond acceptors (Lipinski definition) is 2. The molecule has 1 heterocycles. The van der Waals surface area contributed by atoms with Crippen LogP contribution in [-0.4, -0.2) is 9.97 Å². The molecule has 0 aliphatic heterocycles. The van der Waals surface area contributed by atoms with E-state index in [-0.39, 0.29) is 0 Å². The predicted octanol–water partition coefficient (Wildman–Crippen LogP) is 4.77. The van der Waals surface area contributed by atoms with Crippen LogP contribution in [0.15, 0.2) is 60.9 Å². The van der Waals surface area contributed by atoms with Crippen LogP contribution >= 0.6 is 11.6 Å². The molecule has 0 saturated carbocycles. The molecule has 0 spiro atoms. The lowest BCUT2D eigenvalue weighted by atomic mass is 10.1. The maximum Gasteiger partial charge on any atom is 0.0892 e. The van der Waals surface area contributed by atoms with E-state index in [2.05, 4.69) is 41.2 Å². The van der Waals surface area contributed by atoms with E-state index in [0.717, 1.165) is 27.5 Å². The van der Waals surface area contributed by atoms with E-state index in [1.54, 1.807) is 12.4 Å². The van der Waals surface area contributed by atoms with Gasteiger partial charge < -0.3 is 0 Å². The van der Waals surface area contributed by atoms with E-state index in [1.165, 1.54) is 5.56 Å². The zero-order valence-corrected chi connectivity index (χ0v) is 11.8. The van der Waals surface area contributed by atoms with Crippen LogP contribution in [0.3, 0.4) is 0 Å². The maximum atomic E-state index is 5.91. The lowest BCUT2D eigenvalue weighted by Gasteiger charge is -2.05. The quantitative estimate of drug-likeness (QED) is 0.675. The highest BCUT2D eigenvalue weighted by atomic mass is 35.5. The molecule has 0 atom stereocenters. The highest BCUT2D eigenvalue weighted by molar-refractivity contribution is 6.30. The molecule has 0 aliphatic carbocycles. The summed E-state index contributed by atoms with van der Waals surface area (Å²) in [4.78, 5) is 8.95. The summed E-state index contributed by atoms with van der Waals surface area (Å²) in [7, 11) is 0. The number of aryl methyl sites for hydroxylation is 1. The molecule has 0 bridgehead atoms. The van der Waals surface area contributed by atoms with Gasteiger partial charge in [-0.25, -0.2) is 4.98 Å². The molecule has 20 heavy (non-hydrogen) atoms. The molecule has 2 aromatic carbocycles. The van der Waals surface area contributed by atoms with Gasteiger partial charge in [-0.05, 0) is 19.1 Å². The van der Waals surface area contributed by atoms with Gasteiger partial charge in [0.2, 0.25) is 0 Å². The number of hydrogen-bond donors (Lipinski definition) is 0. The molecule has 3 rings (SSSR count). The van der Waals surface area contributed by atoms with Crippen LogP contribution in [0, 0.1) is 6.92 Å². The average Bonchev–Trinajstić information content (AvgIpc) is 2.49. The number of aromatic nitrogens is 2. The first-order chi connectivity index (χ1) is 9.72. The minimum absolute atomic E-state index is 0.719. The Bertz CT molecular complexity index is 658. The Labute approximate surface area is 123 Å². The van der Waals surface area contributed by atoms with Crippen LogP contribution in [-0.2, 0) is 0 Å². The fraction of sp³-hybridized carbons (Fsp3) is 0.0588. The SMILES string of the molecule is Cc1ccc(-c2cncc(-c3ccc(Cl)cc3)n2)cc1. The van der Waals surface area contributed by atoms with Gasteiger partial charge >= 0.3 is 0 Å². The molecule has 2 nitrogen and oxygen atoms in total. The van der Waals surface area contributed by atoms with E-state index < -0.39 is 0 Å². The number of rotatable bonds is 2. The van der Waals surface area contributed by atoms with Crippen molar-refractivity contribution in [2.45, 2.75) is 6.92 Å². The van der Waals surface area contributed by atoms with E-state index >= 15 is 0 Å². The zero-order valence-electron chi connectivity index (χ0n) is 11.0. The Morgan fingerprint density at radius 3 is 1.80 bits per heavy atom. The van der Waals surface area contributed by atoms with Gasteiger partial charge in [0.1, 0.15) is 0 Å². The fourth-order valence-corrected chi connectivity index (χ4v) is 2.12. The van der Waals surface area contributed by atoms with Gasteiger partial charge in [-0.3, -0.25) is 4.98 Å². The second kappa shape index (κ2) is 5.43. The Hall–Kier alpha value is -2.19. The first-order valence-electron chi connectivity index (χ1n) is 6.37. The molecule has 98 valence electrons. The van der Waals surface area contributed by atoms with Crippen LogP contribution in [0.2, 0.25) is 5.02 Å². The molecule has 3 aromatic rings. The van der Waals surface area contributed by atoms with Crippen LogP contribution in [0.4, 0.5) is 0 Å². The summed E-state index contributed by atoms with van der Waals surface area (Å²) in [5.41, 5.74) is 5.03. The lowest BCUT2D eigenvalue weighted by Crippen LogP contribution is -1.90. The molecular weight excluding hydrogens is 268 g/mol. The molecule has 0 radical (unpaired) electrons. The second-order valence-electron chi connectivity index (χ2n) is 4.66. The van der Waals surface area contributed by atoms with E-state index in [1.807, 2.05) is 24.3 Å². The van der Waals surface area contributed by atoms with Gasteiger partial charge in [-0.1, -0.05) is 53.6 Å². The second-order valence-corrected chi connectivity index (χ2v) is 5.10. The van der Waals surface area contributed by atoms with Crippen molar-refractivity contribution in [3.63, 3.8) is 0 Å². The van der Waals surface area contributed by atoms with Crippen molar-refractivity contribution in [3.05, 3.63) is 71.5 Å². The summed E-state index contributed by atoms with van der Waals surface area (Å²) in [5, 5.41) is 0.719. The van der Waals surface area contributed by atoms with Gasteiger partial charge in [0.15, 0.2) is 0 Å². The van der Waals surface area contributed by atoms with E-state index in [4.69, 9.17) is 11.6 Å². The minimum atomic E-state index is 0.719. The zero-order chi connectivity index (χ0) is 13.9. The summed E-state index contributed by atoms with van der Waals surface area (Å²) in [6, 6.07) is 15.9. The summed E-state index contributed by atoms with van der Waals surface area (Å²) in [5.74, 6) is 0. The summed E-state index contributed by atoms with van der Waals surface area (Å²) in [6.45, 7) is 2.07. The first kappa shape index (κ1) is 12.8. The van der Waals surface area contributed by atoms with Crippen molar-refractivity contribution in [1.29, 1.82) is 0 Å². The normalized spacial score (nSPS) is 10.5. The molecule has 0 amide bonds. The van der Waals surface area contributed by atoms with Crippen LogP contribution in [0.1, 0.15) is 5.56 Å². The van der Waals surface area contributed by atoms with Crippen molar-refractivity contribution in [3.8, 4) is 22.5 Å². The van der Waals surface area contributed by atoms with Gasteiger partial charge in [0.05, 0.1) is 23.8 Å². The highest BCUT2D eigenvalue weighted by Gasteiger charge is 2.04. The Balaban J connectivity index is 2.01. The number of halogens is 1. The van der Waals surface area contributed by atoms with E-state index in [9.17, 15) is 0 Å². The predicted molar refractivity (Wildman–Crippen MR) is 82.7 cm³/mol. The van der Waals surface area contributed by atoms with Crippen molar-refractivity contribution in [1.82, 2.24) is 9.97 Å². The molecular formula is C17H13ClN2. The van der Waals surface area contributed by atoms with Crippen molar-refractivity contribution >= 4 is 11.6 Å². The van der Waals surface area contributed by atoms with Crippen molar-refractivity contribution < 1.29 is 0 Å². The van der Waals surface area contributed by atoms with Gasteiger partial charge in [0, 0.05) is 16.1 Å². The molecule has 0 fully saturated rings. The summed E-state index contributed by atoms with van der Waals surface area (Å²) in [6.07, 6.45) is 3.55. The van der Waals surface area contributed by atoms with Gasteiger partial charge in [-0.15, -0.1) is 0 Å². The smallest absolute Gasteiger partial charge is 0.0892 e. The first-order valence-corrected chi connectivity index (χ1v) is 6.75. The molecule has 0 aliphatic rings. The molecule has 0 saturated heterocycles. The minimum Gasteiger partial charge on any atom is -0.260 e. The molecule has 0 unspecified atom stereocenters. The average molecular weight is 281 g/mol. The number of nitrogens with zero attached hydrogens (tertiary/aromatic N) is 2. The Morgan fingerprint density at radius 2 is 1.25 bits per heavy atom. The van der Waals surface area contributed by atoms with Crippen molar-refractivity contribution in [2.75, 3.05) is 0 Å². The van der Waals surface area contributed by atoms with Crippen LogP contribution < -0.4 is 0 Å². The van der Waals surface area contributed by atoms with Gasteiger partial charge in [-0.2, -0.15) is 0 Å². The molecule has 3 heteroatoms. The summed E-state index contributed by atoms with van der Waals surface area (Å²) < 4.78 is 0. The largest absolute Gasteiger partial charge is 0.260 e. The van der Waals surface area contributed by atoms with Gasteiger partial charge in [0.25, 0.3) is 0 Å². The third-order valence-electron chi connectivity index (χ3n) is 3.12. The van der Waals surface area contributed by atoms with E-state index in [0.29, 0.717) is 0 Å². The van der Waals surface area contributed by atoms with Crippen LogP contribution in [0.5, 0.6) is 0 Å². The molecule has 1 aromatic heterocycles. The standard InChI is InChI=1S/C17H13ClN2/c1-12-2-4-13(5-3-12)16-10-19-11-17(20-16)14-6-8-15(18)9-7-14/h2-11H,1H3. The van der Waals surface area contributed by atoms with Crippen molar-refractivity contribution in [2.24, 2.45) is 0 Å². The maximum absolute atomic E-state index is 5.91. The number of benzene rings is 2. The fourth-order valence-electron chi connectivity index (χ4n) is 1.99. The third-order valence-corrected chi connectivity index (χ3v) is 3.37. The topological polar surface area (TPSA) is 25.8 Å². The monoisotopic (exact) mass is 280 g/mol. The van der Waals surface area contributed by atoms with Crippen LogP contribution in [0.25, 0.3) is 22.5 Å². The summed E-state index contributed by atoms with van der Waals surface area (Å²) >= 11 is 5.91. The lowest BCUT2D eigenvalue weighted by molar-refractivity contribution is 1.21. The Kier molecular flexibility index (Phi) is 3.48. The Morgan fingerprint density at radius 1 is 0.750 bits per heavy atom. The highest BCUT2D eigenvalue weighted by Crippen LogP contribution is 2.23.